The molecule has 0 fully saturated rings. The highest BCUT2D eigenvalue weighted by atomic mass is 19.4. The minimum absolute atomic E-state index is 0.480. The molecule has 0 heterocycles. The Balaban J connectivity index is 4.91. The van der Waals surface area contributed by atoms with E-state index in [0.717, 1.165) is 14.2 Å². The van der Waals surface area contributed by atoms with Gasteiger partial charge < -0.3 is 14.2 Å². The molecule has 0 aliphatic rings. The van der Waals surface area contributed by atoms with Crippen LogP contribution in [0.4, 0.5) is 13.2 Å². The van der Waals surface area contributed by atoms with Gasteiger partial charge in [0.2, 0.25) is 5.76 Å². The average molecular weight is 256 g/mol. The van der Waals surface area contributed by atoms with E-state index in [4.69, 9.17) is 0 Å². The number of halogens is 3. The van der Waals surface area contributed by atoms with Crippen molar-refractivity contribution in [3.05, 3.63) is 11.8 Å². The van der Waals surface area contributed by atoms with E-state index in [2.05, 4.69) is 14.2 Å². The highest BCUT2D eigenvalue weighted by Gasteiger charge is 2.39. The van der Waals surface area contributed by atoms with Gasteiger partial charge in [-0.1, -0.05) is 0 Å². The number of methoxy groups -OCH3 is 2. The van der Waals surface area contributed by atoms with Crippen LogP contribution < -0.4 is 0 Å². The topological polar surface area (TPSA) is 61.8 Å². The molecule has 0 saturated carbocycles. The normalized spacial score (nSPS) is 13.9. The fourth-order valence-electron chi connectivity index (χ4n) is 0.665. The minimum Gasteiger partial charge on any atom is -0.474 e. The second-order valence-electron chi connectivity index (χ2n) is 2.83. The van der Waals surface area contributed by atoms with Gasteiger partial charge in [0.1, 0.15) is 0 Å². The summed E-state index contributed by atoms with van der Waals surface area (Å²) < 4.78 is 49.1. The third kappa shape index (κ3) is 5.23. The first-order valence-electron chi connectivity index (χ1n) is 4.33. The second-order valence-corrected chi connectivity index (χ2v) is 2.83. The maximum atomic E-state index is 12.2. The largest absolute Gasteiger partial charge is 0.474 e. The van der Waals surface area contributed by atoms with Crippen molar-refractivity contribution in [3.63, 3.8) is 0 Å². The van der Waals surface area contributed by atoms with Crippen LogP contribution in [-0.4, -0.2) is 38.4 Å². The molecule has 1 unspecified atom stereocenters. The van der Waals surface area contributed by atoms with Crippen molar-refractivity contribution in [2.24, 2.45) is 0 Å². The number of alkyl halides is 3. The van der Waals surface area contributed by atoms with Crippen molar-refractivity contribution in [1.82, 2.24) is 0 Å². The molecular formula is C9H11F3O5. The van der Waals surface area contributed by atoms with E-state index in [1.165, 1.54) is 0 Å². The minimum atomic E-state index is -4.66. The molecule has 0 spiro atoms. The maximum absolute atomic E-state index is 12.2. The Morgan fingerprint density at radius 2 is 1.71 bits per heavy atom. The summed E-state index contributed by atoms with van der Waals surface area (Å²) in [6, 6.07) is 0. The van der Waals surface area contributed by atoms with E-state index in [-0.39, 0.29) is 0 Å². The summed E-state index contributed by atoms with van der Waals surface area (Å²) >= 11 is 0. The zero-order valence-electron chi connectivity index (χ0n) is 9.33. The van der Waals surface area contributed by atoms with Gasteiger partial charge in [-0.25, -0.2) is 9.59 Å². The second kappa shape index (κ2) is 6.12. The molecule has 17 heavy (non-hydrogen) atoms. The molecule has 98 valence electrons. The monoisotopic (exact) mass is 256 g/mol. The van der Waals surface area contributed by atoms with Gasteiger partial charge in [-0.2, -0.15) is 13.2 Å². The highest BCUT2D eigenvalue weighted by molar-refractivity contribution is 5.94. The van der Waals surface area contributed by atoms with E-state index < -0.39 is 30.0 Å². The third-order valence-electron chi connectivity index (χ3n) is 1.60. The van der Waals surface area contributed by atoms with Crippen molar-refractivity contribution in [2.45, 2.75) is 19.2 Å². The van der Waals surface area contributed by atoms with Gasteiger partial charge in [-0.15, -0.1) is 0 Å². The number of esters is 2. The molecule has 1 atom stereocenters. The Morgan fingerprint density at radius 1 is 1.18 bits per heavy atom. The van der Waals surface area contributed by atoms with Crippen LogP contribution >= 0.6 is 0 Å². The molecule has 0 aliphatic carbocycles. The molecule has 0 amide bonds. The Morgan fingerprint density at radius 3 is 2.06 bits per heavy atom. The van der Waals surface area contributed by atoms with Crippen LogP contribution in [0.3, 0.4) is 0 Å². The zero-order valence-corrected chi connectivity index (χ0v) is 9.33. The van der Waals surface area contributed by atoms with Crippen molar-refractivity contribution >= 4 is 11.9 Å². The molecule has 0 saturated heterocycles. The van der Waals surface area contributed by atoms with Crippen LogP contribution in [0.2, 0.25) is 0 Å². The zero-order chi connectivity index (χ0) is 13.6. The fraction of sp³-hybridized carbons (Fsp3) is 0.556. The number of carbonyl (C=O) groups excluding carboxylic acids is 2. The molecule has 0 bridgehead atoms. The van der Waals surface area contributed by atoms with Crippen LogP contribution in [0.25, 0.3) is 0 Å². The Hall–Kier alpha value is -1.73. The van der Waals surface area contributed by atoms with Gasteiger partial charge >= 0.3 is 18.1 Å². The fourth-order valence-corrected chi connectivity index (χ4v) is 0.665. The molecule has 0 aromatic carbocycles. The predicted molar refractivity (Wildman–Crippen MR) is 48.7 cm³/mol. The summed E-state index contributed by atoms with van der Waals surface area (Å²) in [7, 11) is 1.94. The van der Waals surface area contributed by atoms with Crippen LogP contribution in [0.5, 0.6) is 0 Å². The Kier molecular flexibility index (Phi) is 5.49. The summed E-state index contributed by atoms with van der Waals surface area (Å²) in [5.74, 6) is -3.10. The molecular weight excluding hydrogens is 245 g/mol. The maximum Gasteiger partial charge on any atom is 0.425 e. The van der Waals surface area contributed by atoms with E-state index in [1.807, 2.05) is 0 Å². The van der Waals surface area contributed by atoms with Crippen LogP contribution in [0, 0.1) is 0 Å². The SMILES string of the molecule is COC(=O)/C=C(/OC(C)C(F)(F)F)C(=O)OC. The van der Waals surface area contributed by atoms with E-state index in [0.29, 0.717) is 13.0 Å². The number of hydrogen-bond donors (Lipinski definition) is 0. The summed E-state index contributed by atoms with van der Waals surface area (Å²) in [6.45, 7) is 0.689. The summed E-state index contributed by atoms with van der Waals surface area (Å²) in [5, 5.41) is 0. The number of ether oxygens (including phenoxy) is 3. The standard InChI is InChI=1S/C9H11F3O5/c1-5(9(10,11)12)17-6(8(14)16-3)4-7(13)15-2/h4-5H,1-3H3/b6-4+. The lowest BCUT2D eigenvalue weighted by Crippen LogP contribution is -2.30. The Bertz CT molecular complexity index is 321. The molecule has 0 aromatic rings. The van der Waals surface area contributed by atoms with Crippen molar-refractivity contribution in [2.75, 3.05) is 14.2 Å². The first-order valence-corrected chi connectivity index (χ1v) is 4.33. The first-order chi connectivity index (χ1) is 7.72. The van der Waals surface area contributed by atoms with Gasteiger partial charge in [-0.3, -0.25) is 0 Å². The van der Waals surface area contributed by atoms with Crippen molar-refractivity contribution in [1.29, 1.82) is 0 Å². The van der Waals surface area contributed by atoms with E-state index in [9.17, 15) is 22.8 Å². The lowest BCUT2D eigenvalue weighted by Gasteiger charge is -2.18. The molecule has 0 radical (unpaired) electrons. The summed E-state index contributed by atoms with van der Waals surface area (Å²) in [6.07, 6.45) is -6.44. The van der Waals surface area contributed by atoms with Gasteiger partial charge in [0.05, 0.1) is 20.3 Å². The van der Waals surface area contributed by atoms with Crippen LogP contribution in [0.1, 0.15) is 6.92 Å². The molecule has 5 nitrogen and oxygen atoms in total. The van der Waals surface area contributed by atoms with Gasteiger partial charge in [0.25, 0.3) is 0 Å². The van der Waals surface area contributed by atoms with Crippen molar-refractivity contribution in [3.8, 4) is 0 Å². The van der Waals surface area contributed by atoms with E-state index >= 15 is 0 Å². The molecule has 0 N–H and O–H groups in total. The average Bonchev–Trinajstić information content (AvgIpc) is 2.25. The summed E-state index contributed by atoms with van der Waals surface area (Å²) in [4.78, 5) is 21.8. The third-order valence-corrected chi connectivity index (χ3v) is 1.60. The van der Waals surface area contributed by atoms with Gasteiger partial charge in [0.15, 0.2) is 6.10 Å². The molecule has 8 heteroatoms. The summed E-state index contributed by atoms with van der Waals surface area (Å²) in [5.41, 5.74) is 0. The van der Waals surface area contributed by atoms with Gasteiger partial charge in [-0.05, 0) is 6.92 Å². The number of hydrogen-bond acceptors (Lipinski definition) is 5. The highest BCUT2D eigenvalue weighted by Crippen LogP contribution is 2.24. The lowest BCUT2D eigenvalue weighted by atomic mass is 10.3. The first kappa shape index (κ1) is 15.3. The lowest BCUT2D eigenvalue weighted by molar-refractivity contribution is -0.205. The smallest absolute Gasteiger partial charge is 0.425 e. The van der Waals surface area contributed by atoms with Crippen LogP contribution in [-0.2, 0) is 23.8 Å². The molecule has 0 rings (SSSR count). The van der Waals surface area contributed by atoms with Gasteiger partial charge in [0, 0.05) is 0 Å². The molecule has 0 aromatic heterocycles. The molecule has 0 aliphatic heterocycles. The van der Waals surface area contributed by atoms with Crippen LogP contribution in [0.15, 0.2) is 11.8 Å². The predicted octanol–water partition coefficient (Wildman–Crippen LogP) is 1.18. The Labute approximate surface area is 95.1 Å². The van der Waals surface area contributed by atoms with E-state index in [1.54, 1.807) is 0 Å². The number of rotatable bonds is 4. The quantitative estimate of drug-likeness (QED) is 0.429. The number of carbonyl (C=O) groups is 2. The van der Waals surface area contributed by atoms with Crippen molar-refractivity contribution < 1.29 is 37.0 Å².